The largest absolute Gasteiger partial charge is 0.354 e. The third kappa shape index (κ3) is 2.49. The lowest BCUT2D eigenvalue weighted by Gasteiger charge is -2.29. The molecular formula is C11H21N3O. The maximum atomic E-state index is 11.9. The average Bonchev–Trinajstić information content (AvgIpc) is 3.02. The van der Waals surface area contributed by atoms with E-state index in [0.717, 1.165) is 19.6 Å². The van der Waals surface area contributed by atoms with Gasteiger partial charge in [-0.25, -0.2) is 0 Å². The van der Waals surface area contributed by atoms with Crippen LogP contribution in [-0.4, -0.2) is 49.6 Å². The molecule has 1 aliphatic carbocycles. The van der Waals surface area contributed by atoms with E-state index in [1.165, 1.54) is 12.8 Å². The molecule has 2 atom stereocenters. The second-order valence-electron chi connectivity index (χ2n) is 4.85. The van der Waals surface area contributed by atoms with E-state index < -0.39 is 0 Å². The lowest BCUT2D eigenvalue weighted by molar-refractivity contribution is -0.125. The van der Waals surface area contributed by atoms with Gasteiger partial charge in [-0.3, -0.25) is 9.69 Å². The molecule has 0 bridgehead atoms. The van der Waals surface area contributed by atoms with Crippen LogP contribution in [0.5, 0.6) is 0 Å². The van der Waals surface area contributed by atoms with E-state index in [1.54, 1.807) is 0 Å². The Hall–Kier alpha value is -0.610. The molecule has 2 aliphatic rings. The fourth-order valence-electron chi connectivity index (χ4n) is 2.31. The molecule has 4 nitrogen and oxygen atoms in total. The van der Waals surface area contributed by atoms with Gasteiger partial charge in [-0.2, -0.15) is 0 Å². The first-order valence-electron chi connectivity index (χ1n) is 5.90. The predicted octanol–water partition coefficient (Wildman–Crippen LogP) is -0.195. The van der Waals surface area contributed by atoms with Crippen molar-refractivity contribution < 1.29 is 4.79 Å². The Kier molecular flexibility index (Phi) is 3.26. The summed E-state index contributed by atoms with van der Waals surface area (Å²) < 4.78 is 0. The maximum absolute atomic E-state index is 11.9. The SMILES string of the molecule is CNCC1C(=O)NCC(C)CN1C1CC1. The van der Waals surface area contributed by atoms with Gasteiger partial charge < -0.3 is 10.6 Å². The fourth-order valence-corrected chi connectivity index (χ4v) is 2.31. The monoisotopic (exact) mass is 211 g/mol. The van der Waals surface area contributed by atoms with Gasteiger partial charge >= 0.3 is 0 Å². The minimum atomic E-state index is 0.0347. The van der Waals surface area contributed by atoms with E-state index in [4.69, 9.17) is 0 Å². The molecule has 1 amide bonds. The van der Waals surface area contributed by atoms with Gasteiger partial charge in [0.1, 0.15) is 6.04 Å². The second kappa shape index (κ2) is 4.49. The molecule has 0 radical (unpaired) electrons. The molecule has 2 N–H and O–H groups in total. The van der Waals surface area contributed by atoms with Gasteiger partial charge in [0.15, 0.2) is 0 Å². The number of hydrogen-bond acceptors (Lipinski definition) is 3. The maximum Gasteiger partial charge on any atom is 0.238 e. The summed E-state index contributed by atoms with van der Waals surface area (Å²) in [5, 5.41) is 6.14. The molecule has 1 heterocycles. The Balaban J connectivity index is 2.08. The Labute approximate surface area is 91.4 Å². The molecule has 1 aliphatic heterocycles. The van der Waals surface area contributed by atoms with Gasteiger partial charge in [-0.1, -0.05) is 6.92 Å². The molecule has 0 spiro atoms. The van der Waals surface area contributed by atoms with Crippen LogP contribution in [0.3, 0.4) is 0 Å². The molecule has 0 aromatic rings. The van der Waals surface area contributed by atoms with Crippen molar-refractivity contribution in [2.45, 2.75) is 31.8 Å². The Morgan fingerprint density at radius 1 is 1.53 bits per heavy atom. The van der Waals surface area contributed by atoms with Crippen LogP contribution in [0.2, 0.25) is 0 Å². The standard InChI is InChI=1S/C11H21N3O/c1-8-5-13-11(15)10(6-12-2)14(7-8)9-3-4-9/h8-10,12H,3-7H2,1-2H3,(H,13,15). The summed E-state index contributed by atoms with van der Waals surface area (Å²) in [5.74, 6) is 0.761. The van der Waals surface area contributed by atoms with Crippen molar-refractivity contribution in [2.24, 2.45) is 5.92 Å². The second-order valence-corrected chi connectivity index (χ2v) is 4.85. The van der Waals surface area contributed by atoms with Crippen molar-refractivity contribution in [1.29, 1.82) is 0 Å². The topological polar surface area (TPSA) is 44.4 Å². The normalized spacial score (nSPS) is 33.6. The Bertz CT molecular complexity index is 240. The van der Waals surface area contributed by atoms with Crippen molar-refractivity contribution >= 4 is 5.91 Å². The smallest absolute Gasteiger partial charge is 0.238 e. The van der Waals surface area contributed by atoms with Crippen molar-refractivity contribution in [3.05, 3.63) is 0 Å². The average molecular weight is 211 g/mol. The minimum Gasteiger partial charge on any atom is -0.354 e. The van der Waals surface area contributed by atoms with E-state index in [2.05, 4.69) is 22.5 Å². The van der Waals surface area contributed by atoms with Crippen LogP contribution in [0.4, 0.5) is 0 Å². The van der Waals surface area contributed by atoms with Crippen LogP contribution in [0, 0.1) is 5.92 Å². The quantitative estimate of drug-likeness (QED) is 0.680. The van der Waals surface area contributed by atoms with Crippen molar-refractivity contribution in [3.8, 4) is 0 Å². The summed E-state index contributed by atoms with van der Waals surface area (Å²) >= 11 is 0. The van der Waals surface area contributed by atoms with E-state index in [9.17, 15) is 4.79 Å². The first kappa shape index (κ1) is 10.9. The summed E-state index contributed by atoms with van der Waals surface area (Å²) in [6.45, 7) is 4.84. The lowest BCUT2D eigenvalue weighted by atomic mass is 10.1. The van der Waals surface area contributed by atoms with Gasteiger partial charge in [0.25, 0.3) is 0 Å². The fraction of sp³-hybridized carbons (Fsp3) is 0.909. The van der Waals surface area contributed by atoms with Gasteiger partial charge in [0.05, 0.1) is 0 Å². The Morgan fingerprint density at radius 3 is 2.87 bits per heavy atom. The molecule has 0 aromatic carbocycles. The first-order valence-corrected chi connectivity index (χ1v) is 5.90. The van der Waals surface area contributed by atoms with Crippen molar-refractivity contribution in [1.82, 2.24) is 15.5 Å². The highest BCUT2D eigenvalue weighted by Gasteiger charge is 2.39. The molecule has 1 saturated carbocycles. The van der Waals surface area contributed by atoms with Crippen LogP contribution in [0.15, 0.2) is 0 Å². The van der Waals surface area contributed by atoms with E-state index in [-0.39, 0.29) is 11.9 Å². The molecule has 86 valence electrons. The zero-order chi connectivity index (χ0) is 10.8. The Morgan fingerprint density at radius 2 is 2.27 bits per heavy atom. The van der Waals surface area contributed by atoms with Gasteiger partial charge in [-0.15, -0.1) is 0 Å². The van der Waals surface area contributed by atoms with E-state index in [1.807, 2.05) is 7.05 Å². The number of carbonyl (C=O) groups is 1. The summed E-state index contributed by atoms with van der Waals surface area (Å²) in [6, 6.07) is 0.696. The van der Waals surface area contributed by atoms with Crippen LogP contribution in [-0.2, 0) is 4.79 Å². The number of carbonyl (C=O) groups excluding carboxylic acids is 1. The highest BCUT2D eigenvalue weighted by Crippen LogP contribution is 2.30. The molecule has 15 heavy (non-hydrogen) atoms. The first-order chi connectivity index (χ1) is 7.22. The minimum absolute atomic E-state index is 0.0347. The number of nitrogens with zero attached hydrogens (tertiary/aromatic N) is 1. The van der Waals surface area contributed by atoms with E-state index >= 15 is 0 Å². The number of rotatable bonds is 3. The number of nitrogens with one attached hydrogen (secondary N) is 2. The summed E-state index contributed by atoms with van der Waals surface area (Å²) in [5.41, 5.74) is 0. The van der Waals surface area contributed by atoms with Gasteiger partial charge in [-0.05, 0) is 25.8 Å². The third-order valence-electron chi connectivity index (χ3n) is 3.26. The van der Waals surface area contributed by atoms with Gasteiger partial charge in [0, 0.05) is 25.7 Å². The molecule has 0 aromatic heterocycles. The van der Waals surface area contributed by atoms with E-state index in [0.29, 0.717) is 12.0 Å². The molecule has 2 rings (SSSR count). The highest BCUT2D eigenvalue weighted by molar-refractivity contribution is 5.82. The number of amides is 1. The zero-order valence-corrected chi connectivity index (χ0v) is 9.62. The summed E-state index contributed by atoms with van der Waals surface area (Å²) in [6.07, 6.45) is 2.53. The number of likely N-dealkylation sites (N-methyl/N-ethyl adjacent to an activating group) is 1. The summed E-state index contributed by atoms with van der Waals surface area (Å²) in [7, 11) is 1.91. The predicted molar refractivity (Wildman–Crippen MR) is 59.6 cm³/mol. The lowest BCUT2D eigenvalue weighted by Crippen LogP contribution is -2.50. The molecule has 4 heteroatoms. The third-order valence-corrected chi connectivity index (χ3v) is 3.26. The highest BCUT2D eigenvalue weighted by atomic mass is 16.2. The van der Waals surface area contributed by atoms with Crippen LogP contribution >= 0.6 is 0 Å². The summed E-state index contributed by atoms with van der Waals surface area (Å²) in [4.78, 5) is 14.3. The zero-order valence-electron chi connectivity index (χ0n) is 9.62. The molecule has 2 fully saturated rings. The van der Waals surface area contributed by atoms with Crippen molar-refractivity contribution in [3.63, 3.8) is 0 Å². The van der Waals surface area contributed by atoms with Gasteiger partial charge in [0.2, 0.25) is 5.91 Å². The van der Waals surface area contributed by atoms with Crippen molar-refractivity contribution in [2.75, 3.05) is 26.7 Å². The molecule has 2 unspecified atom stereocenters. The van der Waals surface area contributed by atoms with Crippen LogP contribution in [0.25, 0.3) is 0 Å². The molecule has 1 saturated heterocycles. The van der Waals surface area contributed by atoms with Crippen LogP contribution < -0.4 is 10.6 Å². The number of hydrogen-bond donors (Lipinski definition) is 2. The molecular weight excluding hydrogens is 190 g/mol. The van der Waals surface area contributed by atoms with Crippen LogP contribution in [0.1, 0.15) is 19.8 Å².